The van der Waals surface area contributed by atoms with Crippen LogP contribution in [0, 0.1) is 5.92 Å². The molecule has 1 aliphatic heterocycles. The molecule has 0 spiro atoms. The summed E-state index contributed by atoms with van der Waals surface area (Å²) in [6.07, 6.45) is 2.01. The smallest absolute Gasteiger partial charge is 0.274 e. The molecule has 3 rings (SSSR count). The van der Waals surface area contributed by atoms with Crippen molar-refractivity contribution < 1.29 is 9.53 Å². The van der Waals surface area contributed by atoms with Crippen molar-refractivity contribution in [2.24, 2.45) is 5.92 Å². The fourth-order valence-electron chi connectivity index (χ4n) is 2.93. The predicted octanol–water partition coefficient (Wildman–Crippen LogP) is 1.84. The van der Waals surface area contributed by atoms with Gasteiger partial charge in [-0.2, -0.15) is 5.10 Å². The highest BCUT2D eigenvalue weighted by atomic mass is 16.5. The number of nitrogens with zero attached hydrogens (tertiary/aromatic N) is 2. The van der Waals surface area contributed by atoms with Crippen LogP contribution < -0.4 is 5.56 Å². The molecule has 1 N–H and O–H groups in total. The third-order valence-corrected chi connectivity index (χ3v) is 4.17. The Kier molecular flexibility index (Phi) is 5.38. The molecular weight excluding hydrogens is 306 g/mol. The van der Waals surface area contributed by atoms with Crippen LogP contribution >= 0.6 is 0 Å². The van der Waals surface area contributed by atoms with Crippen LogP contribution in [0.25, 0.3) is 0 Å². The zero-order valence-electron chi connectivity index (χ0n) is 13.5. The van der Waals surface area contributed by atoms with Crippen LogP contribution in [0.15, 0.2) is 47.3 Å². The van der Waals surface area contributed by atoms with Gasteiger partial charge in [-0.25, -0.2) is 5.10 Å². The summed E-state index contributed by atoms with van der Waals surface area (Å²) >= 11 is 0. The quantitative estimate of drug-likeness (QED) is 0.909. The minimum Gasteiger partial charge on any atom is -0.376 e. The van der Waals surface area contributed by atoms with E-state index in [1.807, 2.05) is 30.3 Å². The van der Waals surface area contributed by atoms with Crippen molar-refractivity contribution in [2.45, 2.75) is 19.4 Å². The predicted molar refractivity (Wildman–Crippen MR) is 89.6 cm³/mol. The highest BCUT2D eigenvalue weighted by Gasteiger charge is 2.25. The molecule has 2 heterocycles. The third-order valence-electron chi connectivity index (χ3n) is 4.17. The number of hydrogen-bond acceptors (Lipinski definition) is 4. The largest absolute Gasteiger partial charge is 0.376 e. The topological polar surface area (TPSA) is 75.3 Å². The first-order valence-electron chi connectivity index (χ1n) is 8.19. The van der Waals surface area contributed by atoms with Gasteiger partial charge < -0.3 is 9.64 Å². The summed E-state index contributed by atoms with van der Waals surface area (Å²) in [4.78, 5) is 25.3. The van der Waals surface area contributed by atoms with Gasteiger partial charge in [0.1, 0.15) is 5.69 Å². The van der Waals surface area contributed by atoms with E-state index < -0.39 is 0 Å². The van der Waals surface area contributed by atoms with Gasteiger partial charge in [-0.05, 0) is 30.4 Å². The van der Waals surface area contributed by atoms with Crippen LogP contribution in [0.4, 0.5) is 0 Å². The number of piperidine rings is 1. The van der Waals surface area contributed by atoms with Crippen molar-refractivity contribution in [1.82, 2.24) is 15.1 Å². The number of likely N-dealkylation sites (tertiary alicyclic amines) is 1. The van der Waals surface area contributed by atoms with E-state index in [1.165, 1.54) is 12.1 Å². The van der Waals surface area contributed by atoms with Gasteiger partial charge in [0.05, 0.1) is 13.2 Å². The third kappa shape index (κ3) is 4.29. The monoisotopic (exact) mass is 327 g/mol. The number of amides is 1. The van der Waals surface area contributed by atoms with E-state index in [0.717, 1.165) is 24.9 Å². The first-order chi connectivity index (χ1) is 11.7. The number of carbonyl (C=O) groups excluding carboxylic acids is 1. The van der Waals surface area contributed by atoms with E-state index in [4.69, 9.17) is 4.74 Å². The van der Waals surface area contributed by atoms with Crippen molar-refractivity contribution in [1.29, 1.82) is 0 Å². The minimum atomic E-state index is -0.308. The van der Waals surface area contributed by atoms with Crippen LogP contribution in [0.2, 0.25) is 0 Å². The highest BCUT2D eigenvalue weighted by molar-refractivity contribution is 5.92. The Morgan fingerprint density at radius 3 is 2.83 bits per heavy atom. The Bertz CT molecular complexity index is 709. The first-order valence-corrected chi connectivity index (χ1v) is 8.19. The molecule has 6 heteroatoms. The molecule has 1 aromatic heterocycles. The Balaban J connectivity index is 1.51. The first kappa shape index (κ1) is 16.4. The summed E-state index contributed by atoms with van der Waals surface area (Å²) in [7, 11) is 0. The molecule has 24 heavy (non-hydrogen) atoms. The van der Waals surface area contributed by atoms with Crippen LogP contribution in [-0.4, -0.2) is 40.7 Å². The number of ether oxygens (including phenoxy) is 1. The number of rotatable bonds is 5. The van der Waals surface area contributed by atoms with Crippen LogP contribution in [0.5, 0.6) is 0 Å². The Hall–Kier alpha value is -2.47. The summed E-state index contributed by atoms with van der Waals surface area (Å²) in [5, 5.41) is 6.13. The van der Waals surface area contributed by atoms with E-state index in [2.05, 4.69) is 10.2 Å². The van der Waals surface area contributed by atoms with Gasteiger partial charge in [-0.1, -0.05) is 30.3 Å². The summed E-state index contributed by atoms with van der Waals surface area (Å²) in [5.74, 6) is 0.188. The fraction of sp³-hybridized carbons (Fsp3) is 0.389. The standard InChI is InChI=1S/C18H21N3O3/c22-17-9-8-16(19-20-17)18(23)21-10-4-7-15(11-21)13-24-12-14-5-2-1-3-6-14/h1-3,5-6,8-9,15H,4,7,10-13H2,(H,20,22). The maximum atomic E-state index is 12.5. The molecule has 1 amide bonds. The van der Waals surface area contributed by atoms with E-state index in [0.29, 0.717) is 25.7 Å². The molecule has 1 unspecified atom stereocenters. The average molecular weight is 327 g/mol. The van der Waals surface area contributed by atoms with Crippen molar-refractivity contribution in [3.63, 3.8) is 0 Å². The molecule has 1 atom stereocenters. The summed E-state index contributed by atoms with van der Waals surface area (Å²) in [6, 6.07) is 12.9. The van der Waals surface area contributed by atoms with E-state index >= 15 is 0 Å². The molecular formula is C18H21N3O3. The lowest BCUT2D eigenvalue weighted by molar-refractivity contribution is 0.0421. The van der Waals surface area contributed by atoms with E-state index in [-0.39, 0.29) is 17.2 Å². The zero-order chi connectivity index (χ0) is 16.8. The molecule has 2 aromatic rings. The van der Waals surface area contributed by atoms with Crippen molar-refractivity contribution >= 4 is 5.91 Å². The maximum absolute atomic E-state index is 12.5. The Morgan fingerprint density at radius 1 is 1.25 bits per heavy atom. The number of H-pyrrole nitrogens is 1. The number of benzene rings is 1. The lowest BCUT2D eigenvalue weighted by Gasteiger charge is -2.32. The summed E-state index contributed by atoms with van der Waals surface area (Å²) in [5.41, 5.74) is 1.12. The SMILES string of the molecule is O=C(c1ccc(=O)[nH]n1)N1CCCC(COCc2ccccc2)C1. The maximum Gasteiger partial charge on any atom is 0.274 e. The average Bonchev–Trinajstić information content (AvgIpc) is 2.63. The number of aromatic nitrogens is 2. The van der Waals surface area contributed by atoms with E-state index in [9.17, 15) is 9.59 Å². The van der Waals surface area contributed by atoms with Crippen molar-refractivity contribution in [3.8, 4) is 0 Å². The molecule has 0 bridgehead atoms. The molecule has 0 aliphatic carbocycles. The van der Waals surface area contributed by atoms with Gasteiger partial charge in [0, 0.05) is 19.2 Å². The Morgan fingerprint density at radius 2 is 2.08 bits per heavy atom. The molecule has 1 aromatic carbocycles. The molecule has 0 radical (unpaired) electrons. The van der Waals surface area contributed by atoms with Gasteiger partial charge in [-0.3, -0.25) is 9.59 Å². The summed E-state index contributed by atoms with van der Waals surface area (Å²) in [6.45, 7) is 2.60. The minimum absolute atomic E-state index is 0.140. The number of aromatic amines is 1. The lowest BCUT2D eigenvalue weighted by atomic mass is 9.98. The Labute approximate surface area is 140 Å². The zero-order valence-corrected chi connectivity index (χ0v) is 13.5. The number of carbonyl (C=O) groups is 1. The molecule has 1 saturated heterocycles. The lowest BCUT2D eigenvalue weighted by Crippen LogP contribution is -2.41. The highest BCUT2D eigenvalue weighted by Crippen LogP contribution is 2.18. The molecule has 0 saturated carbocycles. The van der Waals surface area contributed by atoms with E-state index in [1.54, 1.807) is 4.90 Å². The van der Waals surface area contributed by atoms with Gasteiger partial charge >= 0.3 is 0 Å². The van der Waals surface area contributed by atoms with Crippen molar-refractivity contribution in [3.05, 3.63) is 64.1 Å². The van der Waals surface area contributed by atoms with Crippen molar-refractivity contribution in [2.75, 3.05) is 19.7 Å². The van der Waals surface area contributed by atoms with Crippen LogP contribution in [-0.2, 0) is 11.3 Å². The van der Waals surface area contributed by atoms with Crippen LogP contribution in [0.1, 0.15) is 28.9 Å². The second kappa shape index (κ2) is 7.88. The second-order valence-electron chi connectivity index (χ2n) is 6.07. The number of hydrogen-bond donors (Lipinski definition) is 1. The van der Waals surface area contributed by atoms with Gasteiger partial charge in [-0.15, -0.1) is 0 Å². The normalized spacial score (nSPS) is 17.7. The fourth-order valence-corrected chi connectivity index (χ4v) is 2.93. The second-order valence-corrected chi connectivity index (χ2v) is 6.07. The molecule has 1 fully saturated rings. The number of nitrogens with one attached hydrogen (secondary N) is 1. The molecule has 1 aliphatic rings. The van der Waals surface area contributed by atoms with Crippen LogP contribution in [0.3, 0.4) is 0 Å². The molecule has 6 nitrogen and oxygen atoms in total. The van der Waals surface area contributed by atoms with Gasteiger partial charge in [0.15, 0.2) is 0 Å². The molecule has 126 valence electrons. The van der Waals surface area contributed by atoms with Gasteiger partial charge in [0.2, 0.25) is 0 Å². The summed E-state index contributed by atoms with van der Waals surface area (Å²) < 4.78 is 5.81. The van der Waals surface area contributed by atoms with Gasteiger partial charge in [0.25, 0.3) is 11.5 Å².